The minimum Gasteiger partial charge on any atom is -0.326 e. The molecule has 2 N–H and O–H groups in total. The van der Waals surface area contributed by atoms with Crippen LogP contribution in [0.15, 0.2) is 34.4 Å². The van der Waals surface area contributed by atoms with Crippen molar-refractivity contribution in [2.24, 2.45) is 10.1 Å². The molecule has 2 heterocycles. The molecule has 142 valence electrons. The number of likely N-dealkylation sites (N-methyl/N-ethyl adjacent to an activating group) is 2. The summed E-state index contributed by atoms with van der Waals surface area (Å²) in [4.78, 5) is 41.8. The number of non-ortho nitro benzene ring substituents is 1. The first-order chi connectivity index (χ1) is 12.8. The van der Waals surface area contributed by atoms with Crippen LogP contribution in [0.5, 0.6) is 0 Å². The van der Waals surface area contributed by atoms with Crippen LogP contribution >= 0.6 is 0 Å². The number of rotatable bonds is 4. The van der Waals surface area contributed by atoms with Crippen LogP contribution in [0.1, 0.15) is 19.4 Å². The van der Waals surface area contributed by atoms with E-state index in [0.29, 0.717) is 23.8 Å². The summed E-state index contributed by atoms with van der Waals surface area (Å²) in [5.74, 6) is -0.0213. The van der Waals surface area contributed by atoms with Gasteiger partial charge in [-0.05, 0) is 31.5 Å². The van der Waals surface area contributed by atoms with Gasteiger partial charge in [0.2, 0.25) is 5.96 Å². The van der Waals surface area contributed by atoms with E-state index in [4.69, 9.17) is 0 Å². The van der Waals surface area contributed by atoms with Crippen LogP contribution in [0.4, 0.5) is 10.5 Å². The highest BCUT2D eigenvalue weighted by atomic mass is 16.6. The van der Waals surface area contributed by atoms with Crippen molar-refractivity contribution in [2.45, 2.75) is 26.1 Å². The quantitative estimate of drug-likeness (QED) is 0.448. The lowest BCUT2D eigenvalue weighted by molar-refractivity contribution is -0.384. The molecule has 0 aromatic heterocycles. The summed E-state index contributed by atoms with van der Waals surface area (Å²) in [6.45, 7) is 4.11. The first-order valence-electron chi connectivity index (χ1n) is 8.30. The molecule has 0 spiro atoms. The number of hydrazone groups is 1. The topological polar surface area (TPSA) is 133 Å². The molecule has 0 bridgehead atoms. The van der Waals surface area contributed by atoms with E-state index < -0.39 is 29.1 Å². The zero-order valence-electron chi connectivity index (χ0n) is 15.0. The van der Waals surface area contributed by atoms with E-state index in [9.17, 15) is 19.7 Å². The van der Waals surface area contributed by atoms with Gasteiger partial charge in [0.25, 0.3) is 11.6 Å². The first-order valence-corrected chi connectivity index (χ1v) is 8.30. The molecule has 2 aliphatic rings. The number of guanidine groups is 1. The molecule has 0 saturated carbocycles. The maximum absolute atomic E-state index is 12.2. The molecule has 11 nitrogen and oxygen atoms in total. The van der Waals surface area contributed by atoms with Gasteiger partial charge in [-0.3, -0.25) is 20.2 Å². The highest BCUT2D eigenvalue weighted by molar-refractivity contribution is 6.04. The van der Waals surface area contributed by atoms with Gasteiger partial charge in [0.05, 0.1) is 10.6 Å². The lowest BCUT2D eigenvalue weighted by Crippen LogP contribution is -2.64. The van der Waals surface area contributed by atoms with Crippen LogP contribution in [0.3, 0.4) is 0 Å². The smallest absolute Gasteiger partial charge is 0.325 e. The number of urea groups is 1. The van der Waals surface area contributed by atoms with E-state index >= 15 is 0 Å². The van der Waals surface area contributed by atoms with E-state index in [1.54, 1.807) is 31.0 Å². The van der Waals surface area contributed by atoms with Gasteiger partial charge in [-0.15, -0.1) is 0 Å². The molecule has 3 rings (SSSR count). The predicted octanol–water partition coefficient (Wildman–Crippen LogP) is 0.476. The molecule has 0 radical (unpaired) electrons. The Morgan fingerprint density at radius 1 is 1.37 bits per heavy atom. The van der Waals surface area contributed by atoms with E-state index in [2.05, 4.69) is 20.8 Å². The number of amides is 3. The number of nitro benzene ring substituents is 1. The Labute approximate surface area is 154 Å². The highest BCUT2D eigenvalue weighted by Crippen LogP contribution is 2.23. The molecule has 2 unspecified atom stereocenters. The van der Waals surface area contributed by atoms with Crippen molar-refractivity contribution >= 4 is 29.3 Å². The second-order valence-corrected chi connectivity index (χ2v) is 6.12. The zero-order chi connectivity index (χ0) is 19.7. The maximum Gasteiger partial charge on any atom is 0.325 e. The average molecular weight is 373 g/mol. The van der Waals surface area contributed by atoms with Crippen LogP contribution in [0, 0.1) is 10.1 Å². The largest absolute Gasteiger partial charge is 0.326 e. The number of imide groups is 1. The van der Waals surface area contributed by atoms with Crippen molar-refractivity contribution < 1.29 is 14.5 Å². The number of nitrogens with zero attached hydrogens (tertiary/aromatic N) is 5. The Hall–Kier alpha value is -3.50. The van der Waals surface area contributed by atoms with E-state index in [0.717, 1.165) is 0 Å². The van der Waals surface area contributed by atoms with E-state index in [1.807, 2.05) is 6.92 Å². The maximum atomic E-state index is 12.2. The van der Waals surface area contributed by atoms with Gasteiger partial charge >= 0.3 is 6.03 Å². The predicted molar refractivity (Wildman–Crippen MR) is 97.1 cm³/mol. The fourth-order valence-electron chi connectivity index (χ4n) is 2.99. The SMILES string of the molecule is CCN1C(N/N=C(/C)c2ccc([N+](=O)[O-])cc2)=NC2C1C(=O)NC(=O)N2C. The summed E-state index contributed by atoms with van der Waals surface area (Å²) in [6.07, 6.45) is -0.622. The number of hydrogen-bond donors (Lipinski definition) is 2. The van der Waals surface area contributed by atoms with Crippen molar-refractivity contribution in [1.29, 1.82) is 0 Å². The van der Waals surface area contributed by atoms with Crippen LogP contribution in [-0.4, -0.2) is 64.1 Å². The Kier molecular flexibility index (Phi) is 4.75. The summed E-state index contributed by atoms with van der Waals surface area (Å²) < 4.78 is 0. The monoisotopic (exact) mass is 373 g/mol. The Morgan fingerprint density at radius 3 is 2.63 bits per heavy atom. The first kappa shape index (κ1) is 18.3. The summed E-state index contributed by atoms with van der Waals surface area (Å²) in [5, 5.41) is 17.3. The summed E-state index contributed by atoms with van der Waals surface area (Å²) in [5.41, 5.74) is 4.14. The van der Waals surface area contributed by atoms with Gasteiger partial charge in [0.15, 0.2) is 12.2 Å². The summed E-state index contributed by atoms with van der Waals surface area (Å²) in [7, 11) is 1.57. The molecule has 1 aromatic rings. The lowest BCUT2D eigenvalue weighted by Gasteiger charge is -2.35. The number of benzene rings is 1. The molecular formula is C16H19N7O4. The van der Waals surface area contributed by atoms with Gasteiger partial charge < -0.3 is 9.80 Å². The minimum absolute atomic E-state index is 0.000345. The number of fused-ring (bicyclic) bond motifs is 1. The number of aliphatic imine (C=N–C) groups is 1. The third-order valence-corrected chi connectivity index (χ3v) is 4.52. The van der Waals surface area contributed by atoms with Crippen molar-refractivity contribution in [3.05, 3.63) is 39.9 Å². The Morgan fingerprint density at radius 2 is 2.04 bits per heavy atom. The van der Waals surface area contributed by atoms with E-state index in [1.165, 1.54) is 17.0 Å². The Bertz CT molecular complexity index is 849. The molecule has 2 atom stereocenters. The molecule has 3 amide bonds. The third kappa shape index (κ3) is 3.30. The van der Waals surface area contributed by atoms with Crippen LogP contribution < -0.4 is 10.7 Å². The second-order valence-electron chi connectivity index (χ2n) is 6.12. The third-order valence-electron chi connectivity index (χ3n) is 4.52. The van der Waals surface area contributed by atoms with Crippen molar-refractivity contribution in [3.63, 3.8) is 0 Å². The molecule has 0 aliphatic carbocycles. The normalized spacial score (nSPS) is 22.3. The number of nitrogens with one attached hydrogen (secondary N) is 2. The zero-order valence-corrected chi connectivity index (χ0v) is 15.0. The van der Waals surface area contributed by atoms with Gasteiger partial charge in [0, 0.05) is 25.7 Å². The van der Waals surface area contributed by atoms with Crippen LogP contribution in [0.2, 0.25) is 0 Å². The minimum atomic E-state index is -0.622. The number of hydrogen-bond acceptors (Lipinski definition) is 8. The van der Waals surface area contributed by atoms with Crippen LogP contribution in [0.25, 0.3) is 0 Å². The number of carbonyl (C=O) groups is 2. The number of nitro groups is 1. The standard InChI is InChI=1S/C16H19N7O4/c1-4-22-12-13(21(3)16(25)18-14(12)24)17-15(22)20-19-9(2)10-5-7-11(8-6-10)23(26)27/h5-8,12-13H,4H2,1-3H3,(H,17,20)(H,18,24,25)/b19-9-. The molecule has 1 aromatic carbocycles. The fourth-order valence-corrected chi connectivity index (χ4v) is 2.99. The summed E-state index contributed by atoms with van der Waals surface area (Å²) >= 11 is 0. The molecule has 2 aliphatic heterocycles. The molecule has 11 heteroatoms. The van der Waals surface area contributed by atoms with Crippen molar-refractivity contribution in [1.82, 2.24) is 20.5 Å². The second kappa shape index (κ2) is 7.02. The molecule has 1 saturated heterocycles. The van der Waals surface area contributed by atoms with E-state index in [-0.39, 0.29) is 5.69 Å². The molecule has 27 heavy (non-hydrogen) atoms. The number of carbonyl (C=O) groups excluding carboxylic acids is 2. The summed E-state index contributed by atoms with van der Waals surface area (Å²) in [6, 6.07) is 4.90. The fraction of sp³-hybridized carbons (Fsp3) is 0.375. The molecular weight excluding hydrogens is 354 g/mol. The lowest BCUT2D eigenvalue weighted by atomic mass is 10.1. The molecule has 1 fully saturated rings. The van der Waals surface area contributed by atoms with Crippen LogP contribution in [-0.2, 0) is 4.79 Å². The van der Waals surface area contributed by atoms with Gasteiger partial charge in [-0.2, -0.15) is 5.10 Å². The van der Waals surface area contributed by atoms with Gasteiger partial charge in [0.1, 0.15) is 0 Å². The van der Waals surface area contributed by atoms with Gasteiger partial charge in [-0.1, -0.05) is 0 Å². The van der Waals surface area contributed by atoms with Crippen molar-refractivity contribution in [2.75, 3.05) is 13.6 Å². The highest BCUT2D eigenvalue weighted by Gasteiger charge is 2.48. The van der Waals surface area contributed by atoms with Gasteiger partial charge in [-0.25, -0.2) is 15.2 Å². The average Bonchev–Trinajstić information content (AvgIpc) is 3.03. The Balaban J connectivity index is 1.79. The van der Waals surface area contributed by atoms with Crippen molar-refractivity contribution in [3.8, 4) is 0 Å².